The highest BCUT2D eigenvalue weighted by atomic mass is 35.5. The van der Waals surface area contributed by atoms with Crippen LogP contribution in [0.15, 0.2) is 0 Å². The summed E-state index contributed by atoms with van der Waals surface area (Å²) in [6, 6.07) is 0.729. The van der Waals surface area contributed by atoms with Gasteiger partial charge in [-0.1, -0.05) is 6.92 Å². The first-order valence-corrected chi connectivity index (χ1v) is 6.29. The number of hydrogen-bond donors (Lipinski definition) is 0. The minimum atomic E-state index is 0.185. The highest BCUT2D eigenvalue weighted by molar-refractivity contribution is 6.28. The van der Waals surface area contributed by atoms with E-state index in [9.17, 15) is 0 Å². The third kappa shape index (κ3) is 2.77. The number of nitrogens with zero attached hydrogens (tertiary/aromatic N) is 4. The first-order chi connectivity index (χ1) is 8.10. The highest BCUT2D eigenvalue weighted by Gasteiger charge is 2.28. The molecule has 1 aliphatic rings. The Labute approximate surface area is 106 Å². The van der Waals surface area contributed by atoms with E-state index in [2.05, 4.69) is 33.7 Å². The SMILES string of the molecule is CCOc1nc(Cl)nc(N2CC(C)CC2C)n1. The lowest BCUT2D eigenvalue weighted by atomic mass is 10.1. The van der Waals surface area contributed by atoms with Crippen LogP contribution in [0.2, 0.25) is 5.28 Å². The third-order valence-corrected chi connectivity index (χ3v) is 3.06. The monoisotopic (exact) mass is 256 g/mol. The summed E-state index contributed by atoms with van der Waals surface area (Å²) in [6.07, 6.45) is 1.15. The fraction of sp³-hybridized carbons (Fsp3) is 0.727. The molecule has 0 saturated carbocycles. The second-order valence-corrected chi connectivity index (χ2v) is 4.80. The normalized spacial score (nSPS) is 24.1. The predicted molar refractivity (Wildman–Crippen MR) is 66.6 cm³/mol. The van der Waals surface area contributed by atoms with Gasteiger partial charge in [-0.15, -0.1) is 0 Å². The van der Waals surface area contributed by atoms with Crippen molar-refractivity contribution >= 4 is 17.5 Å². The fourth-order valence-corrected chi connectivity index (χ4v) is 2.37. The maximum Gasteiger partial charge on any atom is 0.322 e. The summed E-state index contributed by atoms with van der Waals surface area (Å²) in [4.78, 5) is 14.5. The van der Waals surface area contributed by atoms with Gasteiger partial charge in [0.15, 0.2) is 0 Å². The summed E-state index contributed by atoms with van der Waals surface area (Å²) < 4.78 is 5.28. The van der Waals surface area contributed by atoms with E-state index < -0.39 is 0 Å². The Kier molecular flexibility index (Phi) is 3.66. The summed E-state index contributed by atoms with van der Waals surface area (Å²) in [5.41, 5.74) is 0. The number of hydrogen-bond acceptors (Lipinski definition) is 5. The summed E-state index contributed by atoms with van der Waals surface area (Å²) in [7, 11) is 0. The Morgan fingerprint density at radius 2 is 2.12 bits per heavy atom. The van der Waals surface area contributed by atoms with E-state index in [0.29, 0.717) is 30.5 Å². The molecule has 0 N–H and O–H groups in total. The topological polar surface area (TPSA) is 51.1 Å². The van der Waals surface area contributed by atoms with E-state index in [1.165, 1.54) is 0 Å². The smallest absolute Gasteiger partial charge is 0.322 e. The Morgan fingerprint density at radius 1 is 1.35 bits per heavy atom. The van der Waals surface area contributed by atoms with Gasteiger partial charge in [0.05, 0.1) is 6.61 Å². The van der Waals surface area contributed by atoms with Gasteiger partial charge in [-0.3, -0.25) is 0 Å². The molecule has 1 saturated heterocycles. The molecule has 2 heterocycles. The van der Waals surface area contributed by atoms with Crippen molar-refractivity contribution < 1.29 is 4.74 Å². The largest absolute Gasteiger partial charge is 0.464 e. The molecule has 1 aromatic heterocycles. The van der Waals surface area contributed by atoms with Gasteiger partial charge >= 0.3 is 6.01 Å². The molecule has 2 rings (SSSR count). The van der Waals surface area contributed by atoms with Crippen LogP contribution in [0.1, 0.15) is 27.2 Å². The van der Waals surface area contributed by atoms with Gasteiger partial charge in [0.2, 0.25) is 11.2 Å². The molecule has 6 heteroatoms. The van der Waals surface area contributed by atoms with Crippen LogP contribution in [-0.2, 0) is 0 Å². The standard InChI is InChI=1S/C11H17ClN4O/c1-4-17-11-14-9(12)13-10(15-11)16-6-7(2)5-8(16)3/h7-8H,4-6H2,1-3H3. The minimum Gasteiger partial charge on any atom is -0.464 e. The molecule has 17 heavy (non-hydrogen) atoms. The zero-order valence-corrected chi connectivity index (χ0v) is 11.1. The first-order valence-electron chi connectivity index (χ1n) is 5.91. The van der Waals surface area contributed by atoms with Crippen molar-refractivity contribution in [2.24, 2.45) is 5.92 Å². The lowest BCUT2D eigenvalue weighted by Gasteiger charge is -2.21. The quantitative estimate of drug-likeness (QED) is 0.830. The van der Waals surface area contributed by atoms with Crippen molar-refractivity contribution in [2.75, 3.05) is 18.1 Å². The third-order valence-electron chi connectivity index (χ3n) is 2.89. The van der Waals surface area contributed by atoms with Crippen LogP contribution in [0.4, 0.5) is 5.95 Å². The Balaban J connectivity index is 2.25. The van der Waals surface area contributed by atoms with Gasteiger partial charge in [-0.2, -0.15) is 15.0 Å². The van der Waals surface area contributed by atoms with Gasteiger partial charge in [0, 0.05) is 12.6 Å². The van der Waals surface area contributed by atoms with Gasteiger partial charge < -0.3 is 9.64 Å². The average Bonchev–Trinajstić information content (AvgIpc) is 2.57. The van der Waals surface area contributed by atoms with Crippen LogP contribution in [-0.4, -0.2) is 34.1 Å². The average molecular weight is 257 g/mol. The van der Waals surface area contributed by atoms with E-state index in [-0.39, 0.29) is 5.28 Å². The van der Waals surface area contributed by atoms with Crippen LogP contribution in [0.5, 0.6) is 6.01 Å². The van der Waals surface area contributed by atoms with Crippen LogP contribution >= 0.6 is 11.6 Å². The number of rotatable bonds is 3. The minimum absolute atomic E-state index is 0.185. The Bertz CT molecular complexity index is 401. The molecule has 1 fully saturated rings. The maximum absolute atomic E-state index is 5.88. The van der Waals surface area contributed by atoms with Crippen LogP contribution < -0.4 is 9.64 Å². The first kappa shape index (κ1) is 12.4. The molecule has 2 atom stereocenters. The van der Waals surface area contributed by atoms with Crippen molar-refractivity contribution in [1.29, 1.82) is 0 Å². The van der Waals surface area contributed by atoms with Crippen molar-refractivity contribution in [3.8, 4) is 6.01 Å². The Morgan fingerprint density at radius 3 is 2.71 bits per heavy atom. The molecule has 0 radical (unpaired) electrons. The molecule has 0 aliphatic carbocycles. The van der Waals surface area contributed by atoms with E-state index in [0.717, 1.165) is 13.0 Å². The number of anilines is 1. The van der Waals surface area contributed by atoms with E-state index in [4.69, 9.17) is 16.3 Å². The zero-order chi connectivity index (χ0) is 12.4. The van der Waals surface area contributed by atoms with Crippen molar-refractivity contribution in [3.05, 3.63) is 5.28 Å². The Hall–Kier alpha value is -1.10. The summed E-state index contributed by atoms with van der Waals surface area (Å²) in [5, 5.41) is 0.185. The van der Waals surface area contributed by atoms with Crippen LogP contribution in [0, 0.1) is 5.92 Å². The highest BCUT2D eigenvalue weighted by Crippen LogP contribution is 2.27. The molecule has 94 valence electrons. The number of aromatic nitrogens is 3. The van der Waals surface area contributed by atoms with E-state index in [1.54, 1.807) is 0 Å². The van der Waals surface area contributed by atoms with Gasteiger partial charge in [0.25, 0.3) is 0 Å². The molecular weight excluding hydrogens is 240 g/mol. The zero-order valence-electron chi connectivity index (χ0n) is 10.4. The molecule has 0 amide bonds. The van der Waals surface area contributed by atoms with Crippen LogP contribution in [0.3, 0.4) is 0 Å². The number of halogens is 1. The predicted octanol–water partition coefficient (Wildman–Crippen LogP) is 2.16. The molecule has 2 unspecified atom stereocenters. The summed E-state index contributed by atoms with van der Waals surface area (Å²) >= 11 is 5.88. The molecule has 0 spiro atoms. The molecule has 1 aromatic rings. The van der Waals surface area contributed by atoms with Crippen molar-refractivity contribution in [2.45, 2.75) is 33.2 Å². The van der Waals surface area contributed by atoms with Gasteiger partial charge in [-0.25, -0.2) is 0 Å². The molecule has 1 aliphatic heterocycles. The van der Waals surface area contributed by atoms with Gasteiger partial charge in [0.1, 0.15) is 0 Å². The fourth-order valence-electron chi connectivity index (χ4n) is 2.22. The molecule has 0 bridgehead atoms. The summed E-state index contributed by atoms with van der Waals surface area (Å²) in [6.45, 7) is 7.75. The molecule has 0 aromatic carbocycles. The molecular formula is C11H17ClN4O. The van der Waals surface area contributed by atoms with Gasteiger partial charge in [-0.05, 0) is 37.8 Å². The maximum atomic E-state index is 5.88. The van der Waals surface area contributed by atoms with Crippen molar-refractivity contribution in [3.63, 3.8) is 0 Å². The van der Waals surface area contributed by atoms with E-state index in [1.807, 2.05) is 6.92 Å². The second kappa shape index (κ2) is 5.04. The summed E-state index contributed by atoms with van der Waals surface area (Å²) in [5.74, 6) is 1.27. The number of ether oxygens (including phenoxy) is 1. The second-order valence-electron chi connectivity index (χ2n) is 4.46. The lowest BCUT2D eigenvalue weighted by molar-refractivity contribution is 0.311. The van der Waals surface area contributed by atoms with Crippen molar-refractivity contribution in [1.82, 2.24) is 15.0 Å². The van der Waals surface area contributed by atoms with E-state index >= 15 is 0 Å². The van der Waals surface area contributed by atoms with Crippen LogP contribution in [0.25, 0.3) is 0 Å². The molecule has 5 nitrogen and oxygen atoms in total. The lowest BCUT2D eigenvalue weighted by Crippen LogP contribution is -2.29.